The van der Waals surface area contributed by atoms with E-state index in [2.05, 4.69) is 14.9 Å². The van der Waals surface area contributed by atoms with E-state index in [0.717, 1.165) is 60.2 Å². The molecule has 0 atom stereocenters. The van der Waals surface area contributed by atoms with E-state index in [9.17, 15) is 13.6 Å². The summed E-state index contributed by atoms with van der Waals surface area (Å²) in [7, 11) is 1.86. The molecule has 0 bridgehead atoms. The summed E-state index contributed by atoms with van der Waals surface area (Å²) in [6.07, 6.45) is 4.38. The van der Waals surface area contributed by atoms with Gasteiger partial charge in [0.25, 0.3) is 0 Å². The average molecular weight is 468 g/mol. The lowest BCUT2D eigenvalue weighted by molar-refractivity contribution is -0.129. The molecule has 2 aromatic heterocycles. The molecule has 8 nitrogen and oxygen atoms in total. The standard InChI is InChI=1S/C24H27F2N7O/c1-16(34)33-6-5-21-22(15-33)28-23(18-12-27-30(2)14-18)24(29-21)32-9-7-31(8-10-32)13-17-3-4-19(25)20(26)11-17/h3-4,11-12,14H,5-10,13,15H2,1-2H3. The van der Waals surface area contributed by atoms with Gasteiger partial charge in [0.2, 0.25) is 5.91 Å². The van der Waals surface area contributed by atoms with Gasteiger partial charge < -0.3 is 9.80 Å². The summed E-state index contributed by atoms with van der Waals surface area (Å²) in [5.41, 5.74) is 4.18. The van der Waals surface area contributed by atoms with Gasteiger partial charge in [0.05, 0.1) is 24.1 Å². The number of halogens is 2. The molecule has 0 unspecified atom stereocenters. The quantitative estimate of drug-likeness (QED) is 0.587. The monoisotopic (exact) mass is 467 g/mol. The van der Waals surface area contributed by atoms with Crippen molar-refractivity contribution in [2.24, 2.45) is 7.05 Å². The third kappa shape index (κ3) is 4.50. The lowest BCUT2D eigenvalue weighted by Crippen LogP contribution is -2.46. The van der Waals surface area contributed by atoms with Gasteiger partial charge in [0, 0.05) is 71.4 Å². The predicted molar refractivity (Wildman–Crippen MR) is 123 cm³/mol. The fourth-order valence-electron chi connectivity index (χ4n) is 4.56. The first-order valence-electron chi connectivity index (χ1n) is 11.4. The molecule has 178 valence electrons. The Bertz CT molecular complexity index is 1220. The van der Waals surface area contributed by atoms with E-state index < -0.39 is 11.6 Å². The van der Waals surface area contributed by atoms with Gasteiger partial charge in [-0.25, -0.2) is 18.7 Å². The number of hydrogen-bond donors (Lipinski definition) is 0. The number of anilines is 1. The topological polar surface area (TPSA) is 70.4 Å². The highest BCUT2D eigenvalue weighted by molar-refractivity contribution is 5.74. The number of hydrogen-bond acceptors (Lipinski definition) is 6. The van der Waals surface area contributed by atoms with Crippen molar-refractivity contribution in [2.75, 3.05) is 37.6 Å². The number of fused-ring (bicyclic) bond motifs is 1. The summed E-state index contributed by atoms with van der Waals surface area (Å²) in [4.78, 5) is 28.1. The third-order valence-corrected chi connectivity index (χ3v) is 6.48. The van der Waals surface area contributed by atoms with Gasteiger partial charge >= 0.3 is 0 Å². The van der Waals surface area contributed by atoms with Crippen LogP contribution in [0.3, 0.4) is 0 Å². The van der Waals surface area contributed by atoms with Crippen LogP contribution in [-0.2, 0) is 31.4 Å². The fourth-order valence-corrected chi connectivity index (χ4v) is 4.56. The molecule has 0 aliphatic carbocycles. The fraction of sp³-hybridized carbons (Fsp3) is 0.417. The minimum atomic E-state index is -0.825. The first kappa shape index (κ1) is 22.4. The molecule has 5 rings (SSSR count). The van der Waals surface area contributed by atoms with Crippen LogP contribution in [0.5, 0.6) is 0 Å². The third-order valence-electron chi connectivity index (χ3n) is 6.48. The molecule has 10 heteroatoms. The number of benzene rings is 1. The number of carbonyl (C=O) groups excluding carboxylic acids is 1. The van der Waals surface area contributed by atoms with Crippen molar-refractivity contribution in [1.29, 1.82) is 0 Å². The van der Waals surface area contributed by atoms with Gasteiger partial charge in [0.1, 0.15) is 5.69 Å². The van der Waals surface area contributed by atoms with Gasteiger partial charge in [-0.15, -0.1) is 0 Å². The van der Waals surface area contributed by atoms with Crippen LogP contribution in [0.15, 0.2) is 30.6 Å². The summed E-state index contributed by atoms with van der Waals surface area (Å²) in [5.74, 6) is -0.772. The number of amides is 1. The van der Waals surface area contributed by atoms with E-state index in [4.69, 9.17) is 9.97 Å². The van der Waals surface area contributed by atoms with Crippen LogP contribution < -0.4 is 4.90 Å². The number of piperazine rings is 1. The summed E-state index contributed by atoms with van der Waals surface area (Å²) in [6.45, 7) is 6.27. The number of nitrogens with zero attached hydrogens (tertiary/aromatic N) is 7. The van der Waals surface area contributed by atoms with Gasteiger partial charge in [-0.3, -0.25) is 14.4 Å². The van der Waals surface area contributed by atoms with Gasteiger partial charge in [0.15, 0.2) is 17.5 Å². The molecule has 34 heavy (non-hydrogen) atoms. The molecular formula is C24H27F2N7O. The van der Waals surface area contributed by atoms with Crippen LogP contribution in [0.4, 0.5) is 14.6 Å². The van der Waals surface area contributed by atoms with Crippen molar-refractivity contribution < 1.29 is 13.6 Å². The maximum absolute atomic E-state index is 13.6. The van der Waals surface area contributed by atoms with E-state index in [1.165, 1.54) is 12.1 Å². The second-order valence-electron chi connectivity index (χ2n) is 8.89. The number of aryl methyl sites for hydroxylation is 1. The molecule has 3 aromatic rings. The lowest BCUT2D eigenvalue weighted by Gasteiger charge is -2.37. The SMILES string of the molecule is CC(=O)N1CCc2nc(N3CCN(Cc4ccc(F)c(F)c4)CC3)c(-c3cnn(C)c3)nc2C1. The first-order chi connectivity index (χ1) is 16.4. The highest BCUT2D eigenvalue weighted by Crippen LogP contribution is 2.31. The van der Waals surface area contributed by atoms with Crippen LogP contribution in [0, 0.1) is 11.6 Å². The Kier molecular flexibility index (Phi) is 5.99. The van der Waals surface area contributed by atoms with Crippen molar-refractivity contribution >= 4 is 11.7 Å². The van der Waals surface area contributed by atoms with Crippen LogP contribution in [-0.4, -0.2) is 68.2 Å². The second-order valence-corrected chi connectivity index (χ2v) is 8.89. The molecule has 0 saturated carbocycles. The Morgan fingerprint density at radius 1 is 1.03 bits per heavy atom. The molecule has 2 aliphatic heterocycles. The predicted octanol–water partition coefficient (Wildman–Crippen LogP) is 2.38. The van der Waals surface area contributed by atoms with Gasteiger partial charge in [-0.2, -0.15) is 5.10 Å². The molecule has 0 spiro atoms. The molecule has 1 aromatic carbocycles. The maximum Gasteiger partial charge on any atom is 0.219 e. The summed E-state index contributed by atoms with van der Waals surface area (Å²) in [5, 5.41) is 4.31. The minimum Gasteiger partial charge on any atom is -0.352 e. The largest absolute Gasteiger partial charge is 0.352 e. The number of carbonyl (C=O) groups is 1. The van der Waals surface area contributed by atoms with Crippen molar-refractivity contribution in [3.8, 4) is 11.3 Å². The van der Waals surface area contributed by atoms with Crippen LogP contribution >= 0.6 is 0 Å². The number of aromatic nitrogens is 4. The summed E-state index contributed by atoms with van der Waals surface area (Å²) in [6, 6.07) is 4.07. The smallest absolute Gasteiger partial charge is 0.219 e. The Hall–Kier alpha value is -3.40. The normalized spacial score (nSPS) is 16.6. The molecule has 1 amide bonds. The molecule has 1 saturated heterocycles. The summed E-state index contributed by atoms with van der Waals surface area (Å²) < 4.78 is 28.6. The van der Waals surface area contributed by atoms with Gasteiger partial charge in [-0.1, -0.05) is 6.07 Å². The van der Waals surface area contributed by atoms with Crippen molar-refractivity contribution in [3.63, 3.8) is 0 Å². The zero-order chi connectivity index (χ0) is 23.8. The second kappa shape index (κ2) is 9.09. The average Bonchev–Trinajstić information content (AvgIpc) is 3.27. The zero-order valence-corrected chi connectivity index (χ0v) is 19.3. The Morgan fingerprint density at radius 2 is 1.82 bits per heavy atom. The van der Waals surface area contributed by atoms with Crippen LogP contribution in [0.2, 0.25) is 0 Å². The van der Waals surface area contributed by atoms with Crippen molar-refractivity contribution in [1.82, 2.24) is 29.5 Å². The highest BCUT2D eigenvalue weighted by atomic mass is 19.2. The minimum absolute atomic E-state index is 0.0385. The molecule has 1 fully saturated rings. The van der Waals surface area contributed by atoms with E-state index in [1.807, 2.05) is 13.2 Å². The molecule has 4 heterocycles. The van der Waals surface area contributed by atoms with E-state index >= 15 is 0 Å². The van der Waals surface area contributed by atoms with E-state index in [-0.39, 0.29) is 5.91 Å². The molecule has 0 N–H and O–H groups in total. The lowest BCUT2D eigenvalue weighted by atomic mass is 10.1. The first-order valence-corrected chi connectivity index (χ1v) is 11.4. The maximum atomic E-state index is 13.6. The Labute approximate surface area is 196 Å². The van der Waals surface area contributed by atoms with E-state index in [0.29, 0.717) is 26.1 Å². The Morgan fingerprint density at radius 3 is 2.50 bits per heavy atom. The zero-order valence-electron chi connectivity index (χ0n) is 19.3. The number of rotatable bonds is 4. The highest BCUT2D eigenvalue weighted by Gasteiger charge is 2.27. The van der Waals surface area contributed by atoms with Gasteiger partial charge in [-0.05, 0) is 17.7 Å². The van der Waals surface area contributed by atoms with Crippen molar-refractivity contribution in [2.45, 2.75) is 26.4 Å². The Balaban J connectivity index is 1.37. The molecular weight excluding hydrogens is 440 g/mol. The molecule has 2 aliphatic rings. The summed E-state index contributed by atoms with van der Waals surface area (Å²) >= 11 is 0. The molecule has 0 radical (unpaired) electrons. The van der Waals surface area contributed by atoms with E-state index in [1.54, 1.807) is 28.8 Å². The van der Waals surface area contributed by atoms with Crippen molar-refractivity contribution in [3.05, 3.63) is 59.2 Å². The van der Waals surface area contributed by atoms with Crippen LogP contribution in [0.25, 0.3) is 11.3 Å². The van der Waals surface area contributed by atoms with Crippen LogP contribution in [0.1, 0.15) is 23.9 Å².